The van der Waals surface area contributed by atoms with Crippen LogP contribution < -0.4 is 5.32 Å². The third-order valence-corrected chi connectivity index (χ3v) is 5.14. The summed E-state index contributed by atoms with van der Waals surface area (Å²) in [6.07, 6.45) is 0. The molecule has 2 atom stereocenters. The molecule has 1 aromatic rings. The molecule has 0 aliphatic carbocycles. The van der Waals surface area contributed by atoms with Crippen molar-refractivity contribution in [3.63, 3.8) is 0 Å². The normalized spacial score (nSPS) is 20.1. The van der Waals surface area contributed by atoms with Gasteiger partial charge in [0, 0.05) is 7.05 Å². The zero-order chi connectivity index (χ0) is 14.9. The van der Waals surface area contributed by atoms with E-state index in [2.05, 4.69) is 5.32 Å². The number of hydrogen-bond donors (Lipinski definition) is 1. The molecule has 1 aliphatic rings. The van der Waals surface area contributed by atoms with Crippen molar-refractivity contribution in [2.75, 3.05) is 12.8 Å². The Balaban J connectivity index is 2.32. The lowest BCUT2D eigenvalue weighted by Gasteiger charge is -2.29. The highest BCUT2D eigenvalue weighted by atomic mass is 35.5. The van der Waals surface area contributed by atoms with E-state index in [9.17, 15) is 9.59 Å². The Morgan fingerprint density at radius 1 is 1.45 bits per heavy atom. The van der Waals surface area contributed by atoms with Crippen LogP contribution in [0.3, 0.4) is 0 Å². The molecular weight excluding hydrogens is 319 g/mol. The van der Waals surface area contributed by atoms with Crippen LogP contribution in [0.4, 0.5) is 0 Å². The molecular formula is C13H14Cl2N2O2S. The number of likely N-dealkylation sites (N-methyl/N-ethyl adjacent to an activating group) is 1. The summed E-state index contributed by atoms with van der Waals surface area (Å²) < 4.78 is 0. The van der Waals surface area contributed by atoms with Gasteiger partial charge in [0.1, 0.15) is 11.4 Å². The number of carbonyl (C=O) groups is 2. The number of benzene rings is 1. The number of thioether (sulfide) groups is 1. The van der Waals surface area contributed by atoms with Gasteiger partial charge in [0.15, 0.2) is 0 Å². The fourth-order valence-electron chi connectivity index (χ4n) is 2.11. The summed E-state index contributed by atoms with van der Waals surface area (Å²) in [5.74, 6) is 0.111. The molecule has 1 heterocycles. The Morgan fingerprint density at radius 2 is 2.15 bits per heavy atom. The molecule has 1 aliphatic heterocycles. The standard InChI is InChI=1S/C13H14Cl2N2O2S/c1-7(12(19)16-2)17-11(18)6-20-13(17)8-3-4-9(14)10(15)5-8/h3-5,7,13H,6H2,1-2H3,(H,16,19). The monoisotopic (exact) mass is 332 g/mol. The molecule has 1 N–H and O–H groups in total. The Kier molecular flexibility index (Phi) is 4.83. The van der Waals surface area contributed by atoms with Crippen molar-refractivity contribution in [2.24, 2.45) is 0 Å². The maximum absolute atomic E-state index is 12.0. The molecule has 2 amide bonds. The molecule has 108 valence electrons. The number of hydrogen-bond acceptors (Lipinski definition) is 3. The summed E-state index contributed by atoms with van der Waals surface area (Å²) in [4.78, 5) is 25.4. The van der Waals surface area contributed by atoms with Gasteiger partial charge in [-0.25, -0.2) is 0 Å². The zero-order valence-corrected chi connectivity index (χ0v) is 13.4. The van der Waals surface area contributed by atoms with Crippen LogP contribution in [0, 0.1) is 0 Å². The van der Waals surface area contributed by atoms with Crippen LogP contribution in [0.2, 0.25) is 10.0 Å². The molecule has 20 heavy (non-hydrogen) atoms. The second kappa shape index (κ2) is 6.24. The number of nitrogens with zero attached hydrogens (tertiary/aromatic N) is 1. The van der Waals surface area contributed by atoms with E-state index >= 15 is 0 Å². The van der Waals surface area contributed by atoms with E-state index in [0.717, 1.165) is 5.56 Å². The van der Waals surface area contributed by atoms with Crippen molar-refractivity contribution in [3.05, 3.63) is 33.8 Å². The maximum atomic E-state index is 12.0. The van der Waals surface area contributed by atoms with Crippen LogP contribution in [0.5, 0.6) is 0 Å². The van der Waals surface area contributed by atoms with Crippen LogP contribution in [-0.4, -0.2) is 35.6 Å². The van der Waals surface area contributed by atoms with E-state index in [4.69, 9.17) is 23.2 Å². The molecule has 0 spiro atoms. The van der Waals surface area contributed by atoms with Gasteiger partial charge in [-0.15, -0.1) is 11.8 Å². The van der Waals surface area contributed by atoms with E-state index in [-0.39, 0.29) is 17.2 Å². The van der Waals surface area contributed by atoms with E-state index in [1.54, 1.807) is 31.0 Å². The highest BCUT2D eigenvalue weighted by Gasteiger charge is 2.38. The molecule has 2 unspecified atom stereocenters. The van der Waals surface area contributed by atoms with Gasteiger partial charge in [-0.2, -0.15) is 0 Å². The van der Waals surface area contributed by atoms with E-state index in [1.165, 1.54) is 11.8 Å². The summed E-state index contributed by atoms with van der Waals surface area (Å²) >= 11 is 13.4. The van der Waals surface area contributed by atoms with Gasteiger partial charge in [-0.3, -0.25) is 9.59 Å². The Morgan fingerprint density at radius 3 is 2.75 bits per heavy atom. The van der Waals surface area contributed by atoms with Crippen molar-refractivity contribution < 1.29 is 9.59 Å². The topological polar surface area (TPSA) is 49.4 Å². The van der Waals surface area contributed by atoms with Crippen molar-refractivity contribution >= 4 is 46.8 Å². The first-order valence-corrected chi connectivity index (χ1v) is 7.85. The number of amides is 2. The van der Waals surface area contributed by atoms with E-state index in [0.29, 0.717) is 15.8 Å². The maximum Gasteiger partial charge on any atom is 0.242 e. The Hall–Kier alpha value is -0.910. The molecule has 0 aromatic heterocycles. The summed E-state index contributed by atoms with van der Waals surface area (Å²) in [6, 6.07) is 4.74. The first-order chi connectivity index (χ1) is 9.45. The largest absolute Gasteiger partial charge is 0.357 e. The number of carbonyl (C=O) groups excluding carboxylic acids is 2. The Labute approximate surface area is 131 Å². The minimum Gasteiger partial charge on any atom is -0.357 e. The van der Waals surface area contributed by atoms with Gasteiger partial charge in [-0.05, 0) is 24.6 Å². The van der Waals surface area contributed by atoms with Crippen molar-refractivity contribution in [1.29, 1.82) is 0 Å². The molecule has 2 rings (SSSR count). The average Bonchev–Trinajstić information content (AvgIpc) is 2.82. The third-order valence-electron chi connectivity index (χ3n) is 3.18. The predicted molar refractivity (Wildman–Crippen MR) is 82.0 cm³/mol. The molecule has 1 fully saturated rings. The molecule has 7 heteroatoms. The lowest BCUT2D eigenvalue weighted by atomic mass is 10.1. The summed E-state index contributed by atoms with van der Waals surface area (Å²) in [6.45, 7) is 1.72. The molecule has 4 nitrogen and oxygen atoms in total. The highest BCUT2D eigenvalue weighted by Crippen LogP contribution is 2.41. The van der Waals surface area contributed by atoms with Crippen molar-refractivity contribution in [1.82, 2.24) is 10.2 Å². The first kappa shape index (κ1) is 15.5. The minimum atomic E-state index is -0.526. The van der Waals surface area contributed by atoms with Gasteiger partial charge in [0.2, 0.25) is 11.8 Å². The smallest absolute Gasteiger partial charge is 0.242 e. The lowest BCUT2D eigenvalue weighted by molar-refractivity contribution is -0.137. The molecule has 1 aromatic carbocycles. The van der Waals surface area contributed by atoms with Crippen LogP contribution in [0.1, 0.15) is 17.9 Å². The van der Waals surface area contributed by atoms with Crippen LogP contribution >= 0.6 is 35.0 Å². The van der Waals surface area contributed by atoms with E-state index in [1.807, 2.05) is 6.07 Å². The highest BCUT2D eigenvalue weighted by molar-refractivity contribution is 8.00. The first-order valence-electron chi connectivity index (χ1n) is 6.05. The minimum absolute atomic E-state index is 0.0535. The van der Waals surface area contributed by atoms with Gasteiger partial charge in [0.25, 0.3) is 0 Å². The Bertz CT molecular complexity index is 553. The van der Waals surface area contributed by atoms with Crippen LogP contribution in [0.15, 0.2) is 18.2 Å². The fraction of sp³-hybridized carbons (Fsp3) is 0.385. The van der Waals surface area contributed by atoms with E-state index < -0.39 is 6.04 Å². The molecule has 0 saturated carbocycles. The van der Waals surface area contributed by atoms with Crippen LogP contribution in [0.25, 0.3) is 0 Å². The fourth-order valence-corrected chi connectivity index (χ4v) is 3.67. The predicted octanol–water partition coefficient (Wildman–Crippen LogP) is 2.70. The molecule has 1 saturated heterocycles. The van der Waals surface area contributed by atoms with Gasteiger partial charge in [-0.1, -0.05) is 29.3 Å². The lowest BCUT2D eigenvalue weighted by Crippen LogP contribution is -2.45. The third kappa shape index (κ3) is 2.90. The number of halogens is 2. The summed E-state index contributed by atoms with van der Waals surface area (Å²) in [7, 11) is 1.56. The average molecular weight is 333 g/mol. The quantitative estimate of drug-likeness (QED) is 0.925. The van der Waals surface area contributed by atoms with Gasteiger partial charge >= 0.3 is 0 Å². The van der Waals surface area contributed by atoms with Gasteiger partial charge in [0.05, 0.1) is 15.8 Å². The SMILES string of the molecule is CNC(=O)C(C)N1C(=O)CSC1c1ccc(Cl)c(Cl)c1. The second-order valence-corrected chi connectivity index (χ2v) is 6.31. The molecule has 0 bridgehead atoms. The summed E-state index contributed by atoms with van der Waals surface area (Å²) in [5.41, 5.74) is 0.867. The molecule has 0 radical (unpaired) electrons. The van der Waals surface area contributed by atoms with Crippen molar-refractivity contribution in [2.45, 2.75) is 18.3 Å². The number of nitrogens with one attached hydrogen (secondary N) is 1. The number of rotatable bonds is 3. The second-order valence-electron chi connectivity index (χ2n) is 4.43. The summed E-state index contributed by atoms with van der Waals surface area (Å²) in [5, 5.41) is 3.26. The zero-order valence-electron chi connectivity index (χ0n) is 11.0. The van der Waals surface area contributed by atoms with Crippen molar-refractivity contribution in [3.8, 4) is 0 Å². The van der Waals surface area contributed by atoms with Gasteiger partial charge < -0.3 is 10.2 Å². The van der Waals surface area contributed by atoms with Crippen LogP contribution in [-0.2, 0) is 9.59 Å².